The Morgan fingerprint density at radius 2 is 2.00 bits per heavy atom. The number of carbonyl (C=O) groups excluding carboxylic acids is 2. The molecule has 0 aromatic carbocycles. The van der Waals surface area contributed by atoms with Crippen LogP contribution >= 0.6 is 22.7 Å². The van der Waals surface area contributed by atoms with E-state index in [0.717, 1.165) is 16.2 Å². The average molecular weight is 324 g/mol. The van der Waals surface area contributed by atoms with E-state index in [-0.39, 0.29) is 23.0 Å². The van der Waals surface area contributed by atoms with E-state index in [9.17, 15) is 14.4 Å². The number of hydrogen-bond acceptors (Lipinski definition) is 5. The first-order valence-corrected chi connectivity index (χ1v) is 7.62. The van der Waals surface area contributed by atoms with E-state index < -0.39 is 11.9 Å². The van der Waals surface area contributed by atoms with Gasteiger partial charge in [0.2, 0.25) is 5.91 Å². The molecule has 0 fully saturated rings. The maximum absolute atomic E-state index is 11.8. The summed E-state index contributed by atoms with van der Waals surface area (Å²) in [4.78, 5) is 35.9. The van der Waals surface area contributed by atoms with Gasteiger partial charge in [0.15, 0.2) is 0 Å². The van der Waals surface area contributed by atoms with Gasteiger partial charge in [0, 0.05) is 4.88 Å². The molecular weight excluding hydrogens is 312 g/mol. The molecule has 2 rings (SSSR count). The van der Waals surface area contributed by atoms with Crippen molar-refractivity contribution >= 4 is 45.5 Å². The number of rotatable bonds is 5. The molecule has 0 atom stereocenters. The van der Waals surface area contributed by atoms with Crippen LogP contribution in [0.2, 0.25) is 0 Å². The molecule has 0 unspecified atom stereocenters. The first kappa shape index (κ1) is 15.2. The van der Waals surface area contributed by atoms with Gasteiger partial charge >= 0.3 is 5.97 Å². The molecule has 3 N–H and O–H groups in total. The number of anilines is 1. The van der Waals surface area contributed by atoms with Gasteiger partial charge in [-0.15, -0.1) is 22.7 Å². The Labute approximate surface area is 128 Å². The van der Waals surface area contributed by atoms with E-state index in [0.29, 0.717) is 4.88 Å². The van der Waals surface area contributed by atoms with Crippen LogP contribution in [-0.2, 0) is 4.79 Å². The number of thiophene rings is 2. The van der Waals surface area contributed by atoms with Crippen LogP contribution in [0.3, 0.4) is 0 Å². The molecule has 2 aromatic heterocycles. The predicted molar refractivity (Wildman–Crippen MR) is 81.3 cm³/mol. The molecule has 8 heteroatoms. The lowest BCUT2D eigenvalue weighted by Crippen LogP contribution is -2.32. The van der Waals surface area contributed by atoms with E-state index in [1.165, 1.54) is 17.4 Å². The lowest BCUT2D eigenvalue weighted by molar-refractivity contribution is -0.115. The highest BCUT2D eigenvalue weighted by molar-refractivity contribution is 7.14. The minimum atomic E-state index is -1.11. The fourth-order valence-electron chi connectivity index (χ4n) is 1.55. The van der Waals surface area contributed by atoms with Crippen LogP contribution in [0.5, 0.6) is 0 Å². The molecular formula is C13H12N2O4S2. The van der Waals surface area contributed by atoms with Gasteiger partial charge in [0.25, 0.3) is 5.91 Å². The first-order valence-electron chi connectivity index (χ1n) is 5.92. The van der Waals surface area contributed by atoms with Crippen LogP contribution < -0.4 is 10.6 Å². The number of carboxylic acid groups (broad SMARTS) is 1. The Balaban J connectivity index is 1.89. The van der Waals surface area contributed by atoms with Crippen molar-refractivity contribution in [3.05, 3.63) is 38.9 Å². The Bertz CT molecular complexity index is 690. The summed E-state index contributed by atoms with van der Waals surface area (Å²) in [6.45, 7) is 1.67. The number of carboxylic acids is 1. The third-order valence-corrected chi connectivity index (χ3v) is 4.35. The molecule has 6 nitrogen and oxygen atoms in total. The lowest BCUT2D eigenvalue weighted by Gasteiger charge is -2.05. The van der Waals surface area contributed by atoms with Crippen molar-refractivity contribution in [2.45, 2.75) is 6.92 Å². The summed E-state index contributed by atoms with van der Waals surface area (Å²) < 4.78 is 0. The van der Waals surface area contributed by atoms with Gasteiger partial charge in [-0.2, -0.15) is 0 Å². The van der Waals surface area contributed by atoms with Crippen molar-refractivity contribution in [2.75, 3.05) is 11.9 Å². The van der Waals surface area contributed by atoms with Gasteiger partial charge in [0.1, 0.15) is 5.00 Å². The normalized spacial score (nSPS) is 10.1. The van der Waals surface area contributed by atoms with Gasteiger partial charge in [-0.1, -0.05) is 0 Å². The Hall–Kier alpha value is -2.19. The van der Waals surface area contributed by atoms with Crippen LogP contribution in [-0.4, -0.2) is 29.4 Å². The summed E-state index contributed by atoms with van der Waals surface area (Å²) in [5.74, 6) is -1.90. The first-order chi connectivity index (χ1) is 9.97. The molecule has 2 aromatic rings. The van der Waals surface area contributed by atoms with Crippen LogP contribution in [0.25, 0.3) is 0 Å². The number of nitrogens with one attached hydrogen (secondary N) is 2. The second kappa shape index (κ2) is 6.51. The number of aromatic carboxylic acids is 1. The number of carbonyl (C=O) groups is 3. The second-order valence-electron chi connectivity index (χ2n) is 4.11. The molecule has 0 aliphatic carbocycles. The number of hydrogen-bond donors (Lipinski definition) is 3. The molecule has 0 saturated carbocycles. The van der Waals surface area contributed by atoms with Crippen molar-refractivity contribution in [3.63, 3.8) is 0 Å². The molecule has 0 spiro atoms. The van der Waals surface area contributed by atoms with E-state index in [4.69, 9.17) is 5.11 Å². The zero-order chi connectivity index (χ0) is 15.4. The van der Waals surface area contributed by atoms with E-state index in [1.807, 2.05) is 13.0 Å². The van der Waals surface area contributed by atoms with Crippen molar-refractivity contribution in [1.29, 1.82) is 0 Å². The van der Waals surface area contributed by atoms with Gasteiger partial charge in [-0.25, -0.2) is 4.79 Å². The molecule has 0 bridgehead atoms. The van der Waals surface area contributed by atoms with Crippen LogP contribution in [0.1, 0.15) is 24.9 Å². The predicted octanol–water partition coefficient (Wildman–Crippen LogP) is 2.18. The molecule has 0 aliphatic rings. The van der Waals surface area contributed by atoms with Crippen LogP contribution in [0.4, 0.5) is 5.00 Å². The van der Waals surface area contributed by atoms with Crippen LogP contribution in [0, 0.1) is 6.92 Å². The summed E-state index contributed by atoms with van der Waals surface area (Å²) >= 11 is 2.46. The van der Waals surface area contributed by atoms with Gasteiger partial charge in [0.05, 0.1) is 17.0 Å². The fraction of sp³-hybridized carbons (Fsp3) is 0.154. The molecule has 0 radical (unpaired) electrons. The lowest BCUT2D eigenvalue weighted by atomic mass is 10.3. The zero-order valence-electron chi connectivity index (χ0n) is 11.0. The molecule has 0 aliphatic heterocycles. The molecule has 2 amide bonds. The summed E-state index contributed by atoms with van der Waals surface area (Å²) in [5, 5.41) is 15.7. The average Bonchev–Trinajstić information content (AvgIpc) is 3.05. The monoisotopic (exact) mass is 324 g/mol. The number of aryl methyl sites for hydroxylation is 1. The third-order valence-electron chi connectivity index (χ3n) is 2.52. The highest BCUT2D eigenvalue weighted by Crippen LogP contribution is 2.22. The fourth-order valence-corrected chi connectivity index (χ4v) is 3.13. The maximum atomic E-state index is 11.8. The molecule has 21 heavy (non-hydrogen) atoms. The van der Waals surface area contributed by atoms with E-state index in [2.05, 4.69) is 10.6 Å². The quantitative estimate of drug-likeness (QED) is 0.785. The van der Waals surface area contributed by atoms with E-state index >= 15 is 0 Å². The van der Waals surface area contributed by atoms with Crippen molar-refractivity contribution in [2.24, 2.45) is 0 Å². The summed E-state index contributed by atoms with van der Waals surface area (Å²) in [6.07, 6.45) is 0. The SMILES string of the molecule is Cc1ccc(C(=O)NCC(=O)Nc2sccc2C(=O)O)s1. The second-order valence-corrected chi connectivity index (χ2v) is 6.31. The largest absolute Gasteiger partial charge is 0.478 e. The number of amides is 2. The molecule has 110 valence electrons. The van der Waals surface area contributed by atoms with Gasteiger partial charge in [-0.05, 0) is 30.5 Å². The summed E-state index contributed by atoms with van der Waals surface area (Å²) in [6, 6.07) is 4.93. The minimum absolute atomic E-state index is 0.0357. The highest BCUT2D eigenvalue weighted by Gasteiger charge is 2.15. The van der Waals surface area contributed by atoms with Gasteiger partial charge < -0.3 is 15.7 Å². The summed E-state index contributed by atoms with van der Waals surface area (Å²) in [7, 11) is 0. The Morgan fingerprint density at radius 3 is 2.62 bits per heavy atom. The van der Waals surface area contributed by atoms with E-state index in [1.54, 1.807) is 11.4 Å². The Kier molecular flexibility index (Phi) is 4.71. The van der Waals surface area contributed by atoms with Crippen molar-refractivity contribution < 1.29 is 19.5 Å². The van der Waals surface area contributed by atoms with Crippen LogP contribution in [0.15, 0.2) is 23.6 Å². The highest BCUT2D eigenvalue weighted by atomic mass is 32.1. The smallest absolute Gasteiger partial charge is 0.338 e. The van der Waals surface area contributed by atoms with Crippen molar-refractivity contribution in [3.8, 4) is 0 Å². The maximum Gasteiger partial charge on any atom is 0.338 e. The minimum Gasteiger partial charge on any atom is -0.478 e. The zero-order valence-corrected chi connectivity index (χ0v) is 12.6. The standard InChI is InChI=1S/C13H12N2O4S2/c1-7-2-3-9(21-7)11(17)14-6-10(16)15-12-8(13(18)19)4-5-20-12/h2-5H,6H2,1H3,(H,14,17)(H,15,16)(H,18,19). The Morgan fingerprint density at radius 1 is 1.24 bits per heavy atom. The topological polar surface area (TPSA) is 95.5 Å². The molecule has 2 heterocycles. The van der Waals surface area contributed by atoms with Gasteiger partial charge in [-0.3, -0.25) is 9.59 Å². The third kappa shape index (κ3) is 3.89. The molecule has 0 saturated heterocycles. The summed E-state index contributed by atoms with van der Waals surface area (Å²) in [5.41, 5.74) is 0.0357. The van der Waals surface area contributed by atoms with Crippen molar-refractivity contribution in [1.82, 2.24) is 5.32 Å².